The van der Waals surface area contributed by atoms with Gasteiger partial charge in [-0.3, -0.25) is 4.79 Å². The molecule has 0 unspecified atom stereocenters. The maximum absolute atomic E-state index is 12.9. The summed E-state index contributed by atoms with van der Waals surface area (Å²) in [4.78, 5) is 27.1. The third-order valence-corrected chi connectivity index (χ3v) is 5.42. The molecule has 5 heteroatoms. The number of fused-ring (bicyclic) bond motifs is 1. The average molecular weight is 379 g/mol. The van der Waals surface area contributed by atoms with E-state index >= 15 is 0 Å². The molecule has 1 heterocycles. The molecule has 1 fully saturated rings. The summed E-state index contributed by atoms with van der Waals surface area (Å²) < 4.78 is 11.2. The number of benzene rings is 2. The van der Waals surface area contributed by atoms with Crippen molar-refractivity contribution in [2.24, 2.45) is 0 Å². The zero-order valence-electron chi connectivity index (χ0n) is 15.9. The highest BCUT2D eigenvalue weighted by Crippen LogP contribution is 2.26. The molecule has 2 aromatic rings. The molecule has 0 aromatic heterocycles. The molecule has 4 rings (SSSR count). The maximum atomic E-state index is 12.9. The van der Waals surface area contributed by atoms with Gasteiger partial charge in [-0.15, -0.1) is 0 Å². The summed E-state index contributed by atoms with van der Waals surface area (Å²) >= 11 is 0. The molecule has 5 nitrogen and oxygen atoms in total. The fourth-order valence-corrected chi connectivity index (χ4v) is 3.94. The van der Waals surface area contributed by atoms with Crippen molar-refractivity contribution in [1.82, 2.24) is 4.90 Å². The van der Waals surface area contributed by atoms with Gasteiger partial charge in [-0.1, -0.05) is 36.4 Å². The van der Waals surface area contributed by atoms with Gasteiger partial charge in [0.25, 0.3) is 5.91 Å². The Bertz CT molecular complexity index is 843. The lowest BCUT2D eigenvalue weighted by molar-refractivity contribution is -0.162. The third-order valence-electron chi connectivity index (χ3n) is 5.42. The Morgan fingerprint density at radius 1 is 0.929 bits per heavy atom. The zero-order valence-corrected chi connectivity index (χ0v) is 15.9. The number of hydrogen-bond donors (Lipinski definition) is 0. The number of amides is 1. The third kappa shape index (κ3) is 4.19. The minimum Gasteiger partial charge on any atom is -0.482 e. The first-order valence-electron chi connectivity index (χ1n) is 9.98. The molecule has 1 saturated heterocycles. The average Bonchev–Trinajstić information content (AvgIpc) is 3.42. The Balaban J connectivity index is 1.41. The monoisotopic (exact) mass is 379 g/mol. The zero-order chi connectivity index (χ0) is 19.3. The van der Waals surface area contributed by atoms with E-state index in [9.17, 15) is 9.59 Å². The SMILES string of the molecule is O=C(COc1ccc2c(c1)CCC2)O[C@@H](C(=O)N1CCCC1)c1ccccc1. The van der Waals surface area contributed by atoms with Crippen LogP contribution >= 0.6 is 0 Å². The Kier molecular flexibility index (Phi) is 5.60. The van der Waals surface area contributed by atoms with E-state index in [1.807, 2.05) is 42.5 Å². The van der Waals surface area contributed by atoms with Crippen molar-refractivity contribution in [3.63, 3.8) is 0 Å². The van der Waals surface area contributed by atoms with Crippen molar-refractivity contribution in [3.8, 4) is 5.75 Å². The smallest absolute Gasteiger partial charge is 0.345 e. The highest BCUT2D eigenvalue weighted by Gasteiger charge is 2.31. The van der Waals surface area contributed by atoms with Gasteiger partial charge in [-0.25, -0.2) is 4.79 Å². The summed E-state index contributed by atoms with van der Waals surface area (Å²) in [6.45, 7) is 1.21. The van der Waals surface area contributed by atoms with Crippen molar-refractivity contribution in [3.05, 3.63) is 65.2 Å². The molecule has 1 aliphatic carbocycles. The number of rotatable bonds is 6. The predicted molar refractivity (Wildman–Crippen MR) is 105 cm³/mol. The van der Waals surface area contributed by atoms with Gasteiger partial charge in [0.05, 0.1) is 0 Å². The second-order valence-corrected chi connectivity index (χ2v) is 7.39. The number of carbonyl (C=O) groups excluding carboxylic acids is 2. The molecule has 1 amide bonds. The van der Waals surface area contributed by atoms with E-state index in [0.717, 1.165) is 32.1 Å². The Morgan fingerprint density at radius 2 is 1.68 bits per heavy atom. The number of nitrogens with zero attached hydrogens (tertiary/aromatic N) is 1. The quantitative estimate of drug-likeness (QED) is 0.722. The van der Waals surface area contributed by atoms with E-state index in [4.69, 9.17) is 9.47 Å². The van der Waals surface area contributed by atoms with E-state index in [2.05, 4.69) is 6.07 Å². The molecule has 146 valence electrons. The molecular weight excluding hydrogens is 354 g/mol. The van der Waals surface area contributed by atoms with E-state index in [0.29, 0.717) is 24.4 Å². The van der Waals surface area contributed by atoms with Crippen LogP contribution in [0.4, 0.5) is 0 Å². The van der Waals surface area contributed by atoms with E-state index in [1.54, 1.807) is 4.90 Å². The normalized spacial score (nSPS) is 16.5. The number of aryl methyl sites for hydroxylation is 2. The van der Waals surface area contributed by atoms with Crippen LogP contribution < -0.4 is 4.74 Å². The number of esters is 1. The molecule has 0 radical (unpaired) electrons. The predicted octanol–water partition coefficient (Wildman–Crippen LogP) is 3.46. The second kappa shape index (κ2) is 8.46. The van der Waals surface area contributed by atoms with Crippen molar-refractivity contribution in [2.45, 2.75) is 38.2 Å². The molecule has 28 heavy (non-hydrogen) atoms. The van der Waals surface area contributed by atoms with Crippen molar-refractivity contribution in [1.29, 1.82) is 0 Å². The lowest BCUT2D eigenvalue weighted by atomic mass is 10.1. The number of carbonyl (C=O) groups is 2. The fourth-order valence-electron chi connectivity index (χ4n) is 3.94. The van der Waals surface area contributed by atoms with Gasteiger partial charge in [0, 0.05) is 18.7 Å². The fraction of sp³-hybridized carbons (Fsp3) is 0.391. The summed E-state index contributed by atoms with van der Waals surface area (Å²) in [5.74, 6) is -0.0313. The molecule has 1 atom stereocenters. The van der Waals surface area contributed by atoms with Crippen molar-refractivity contribution < 1.29 is 19.1 Å². The number of ether oxygens (including phenoxy) is 2. The number of hydrogen-bond acceptors (Lipinski definition) is 4. The Labute approximate surface area is 165 Å². The lowest BCUT2D eigenvalue weighted by Gasteiger charge is -2.23. The summed E-state index contributed by atoms with van der Waals surface area (Å²) in [5.41, 5.74) is 3.33. The highest BCUT2D eigenvalue weighted by molar-refractivity contribution is 5.85. The molecule has 2 aromatic carbocycles. The topological polar surface area (TPSA) is 55.8 Å². The molecular formula is C23H25NO4. The van der Waals surface area contributed by atoms with Crippen LogP contribution in [0.15, 0.2) is 48.5 Å². The van der Waals surface area contributed by atoms with Gasteiger partial charge < -0.3 is 14.4 Å². The van der Waals surface area contributed by atoms with Gasteiger partial charge in [-0.05, 0) is 55.4 Å². The van der Waals surface area contributed by atoms with Gasteiger partial charge >= 0.3 is 5.97 Å². The van der Waals surface area contributed by atoms with Gasteiger partial charge in [0.15, 0.2) is 6.61 Å². The van der Waals surface area contributed by atoms with E-state index < -0.39 is 12.1 Å². The first kappa shape index (κ1) is 18.5. The second-order valence-electron chi connectivity index (χ2n) is 7.39. The van der Waals surface area contributed by atoms with E-state index in [-0.39, 0.29) is 12.5 Å². The first-order valence-corrected chi connectivity index (χ1v) is 9.98. The van der Waals surface area contributed by atoms with Crippen LogP contribution in [0.3, 0.4) is 0 Å². The van der Waals surface area contributed by atoms with Gasteiger partial charge in [0.1, 0.15) is 5.75 Å². The highest BCUT2D eigenvalue weighted by atomic mass is 16.6. The standard InChI is InChI=1S/C23H25NO4/c25-21(16-27-20-12-11-17-9-6-10-19(17)15-20)28-22(18-7-2-1-3-8-18)23(26)24-13-4-5-14-24/h1-3,7-8,11-12,15,22H,4-6,9-10,13-14,16H2/t22-/m1/s1. The van der Waals surface area contributed by atoms with Crippen molar-refractivity contribution >= 4 is 11.9 Å². The molecule has 0 saturated carbocycles. The molecule has 2 aliphatic rings. The lowest BCUT2D eigenvalue weighted by Crippen LogP contribution is -2.35. The number of likely N-dealkylation sites (tertiary alicyclic amines) is 1. The van der Waals surface area contributed by atoms with Gasteiger partial charge in [0.2, 0.25) is 6.10 Å². The summed E-state index contributed by atoms with van der Waals surface area (Å²) in [6.07, 6.45) is 4.38. The Hall–Kier alpha value is -2.82. The summed E-state index contributed by atoms with van der Waals surface area (Å²) in [7, 11) is 0. The van der Waals surface area contributed by atoms with Crippen LogP contribution in [0.2, 0.25) is 0 Å². The maximum Gasteiger partial charge on any atom is 0.345 e. The van der Waals surface area contributed by atoms with Crippen LogP contribution in [0, 0.1) is 0 Å². The van der Waals surface area contributed by atoms with Crippen molar-refractivity contribution in [2.75, 3.05) is 19.7 Å². The van der Waals surface area contributed by atoms with Crippen LogP contribution in [-0.4, -0.2) is 36.5 Å². The van der Waals surface area contributed by atoms with Crippen LogP contribution in [0.25, 0.3) is 0 Å². The minimum absolute atomic E-state index is 0.158. The molecule has 0 N–H and O–H groups in total. The van der Waals surface area contributed by atoms with Gasteiger partial charge in [-0.2, -0.15) is 0 Å². The molecule has 1 aliphatic heterocycles. The Morgan fingerprint density at radius 3 is 2.46 bits per heavy atom. The molecule has 0 spiro atoms. The van der Waals surface area contributed by atoms with Crippen LogP contribution in [-0.2, 0) is 27.2 Å². The minimum atomic E-state index is -0.921. The summed E-state index contributed by atoms with van der Waals surface area (Å²) in [5, 5.41) is 0. The van der Waals surface area contributed by atoms with Crippen LogP contribution in [0.5, 0.6) is 5.75 Å². The van der Waals surface area contributed by atoms with E-state index in [1.165, 1.54) is 11.1 Å². The largest absolute Gasteiger partial charge is 0.482 e. The summed E-state index contributed by atoms with van der Waals surface area (Å²) in [6, 6.07) is 15.1. The van der Waals surface area contributed by atoms with Crippen LogP contribution in [0.1, 0.15) is 42.1 Å². The molecule has 0 bridgehead atoms. The first-order chi connectivity index (χ1) is 13.7.